The molecule has 4 aromatic rings. The van der Waals surface area contributed by atoms with E-state index >= 15 is 0 Å². The monoisotopic (exact) mass is 477 g/mol. The fraction of sp³-hybridized carbons (Fsp3) is 0.120. The molecule has 168 valence electrons. The SMILES string of the molecule is CCc1ccc(-c2csc(NC(=O)c3ccc(NS(=O)(=O)c4ccc(C)cc4)cc3)n2)cc1. The molecule has 4 rings (SSSR count). The lowest BCUT2D eigenvalue weighted by molar-refractivity contribution is 0.102. The average Bonchev–Trinajstić information content (AvgIpc) is 3.28. The van der Waals surface area contributed by atoms with E-state index in [0.29, 0.717) is 16.4 Å². The smallest absolute Gasteiger partial charge is 0.261 e. The molecule has 0 bridgehead atoms. The van der Waals surface area contributed by atoms with Gasteiger partial charge >= 0.3 is 0 Å². The van der Waals surface area contributed by atoms with Gasteiger partial charge in [0.25, 0.3) is 15.9 Å². The van der Waals surface area contributed by atoms with Crippen LogP contribution in [0, 0.1) is 6.92 Å². The summed E-state index contributed by atoms with van der Waals surface area (Å²) in [5.74, 6) is -0.315. The fourth-order valence-electron chi connectivity index (χ4n) is 3.17. The van der Waals surface area contributed by atoms with Gasteiger partial charge in [0, 0.05) is 22.2 Å². The zero-order chi connectivity index (χ0) is 23.4. The van der Waals surface area contributed by atoms with E-state index in [2.05, 4.69) is 34.1 Å². The maximum Gasteiger partial charge on any atom is 0.261 e. The van der Waals surface area contributed by atoms with Gasteiger partial charge in [0.2, 0.25) is 0 Å². The lowest BCUT2D eigenvalue weighted by Gasteiger charge is -2.09. The van der Waals surface area contributed by atoms with Gasteiger partial charge in [0.15, 0.2) is 5.13 Å². The van der Waals surface area contributed by atoms with Crippen LogP contribution in [-0.4, -0.2) is 19.3 Å². The van der Waals surface area contributed by atoms with Crippen LogP contribution in [0.25, 0.3) is 11.3 Å². The first-order valence-corrected chi connectivity index (χ1v) is 12.8. The number of aryl methyl sites for hydroxylation is 2. The van der Waals surface area contributed by atoms with Gasteiger partial charge in [0.1, 0.15) is 0 Å². The molecule has 6 nitrogen and oxygen atoms in total. The van der Waals surface area contributed by atoms with Crippen LogP contribution >= 0.6 is 11.3 Å². The Bertz CT molecular complexity index is 1360. The van der Waals surface area contributed by atoms with Gasteiger partial charge in [0.05, 0.1) is 10.6 Å². The number of carbonyl (C=O) groups is 1. The summed E-state index contributed by atoms with van der Waals surface area (Å²) in [6, 6.07) is 21.0. The van der Waals surface area contributed by atoms with Crippen molar-refractivity contribution >= 4 is 38.1 Å². The third-order valence-corrected chi connectivity index (χ3v) is 7.27. The molecular formula is C25H23N3O3S2. The van der Waals surface area contributed by atoms with Crippen LogP contribution in [0.5, 0.6) is 0 Å². The number of amides is 1. The van der Waals surface area contributed by atoms with E-state index in [1.807, 2.05) is 24.4 Å². The largest absolute Gasteiger partial charge is 0.298 e. The number of carbonyl (C=O) groups excluding carboxylic acids is 1. The second kappa shape index (κ2) is 9.56. The highest BCUT2D eigenvalue weighted by atomic mass is 32.2. The van der Waals surface area contributed by atoms with Gasteiger partial charge in [-0.15, -0.1) is 11.3 Å². The summed E-state index contributed by atoms with van der Waals surface area (Å²) in [5.41, 5.74) is 4.81. The Labute approximate surface area is 197 Å². The fourth-order valence-corrected chi connectivity index (χ4v) is 4.94. The first kappa shape index (κ1) is 22.7. The van der Waals surface area contributed by atoms with Gasteiger partial charge in [-0.05, 0) is 55.3 Å². The van der Waals surface area contributed by atoms with E-state index in [0.717, 1.165) is 23.2 Å². The van der Waals surface area contributed by atoms with Gasteiger partial charge in [-0.1, -0.05) is 48.9 Å². The summed E-state index contributed by atoms with van der Waals surface area (Å²) in [4.78, 5) is 17.3. The molecule has 0 spiro atoms. The quantitative estimate of drug-likeness (QED) is 0.356. The minimum absolute atomic E-state index is 0.179. The highest BCUT2D eigenvalue weighted by Crippen LogP contribution is 2.26. The first-order chi connectivity index (χ1) is 15.8. The molecule has 0 saturated carbocycles. The number of benzene rings is 3. The average molecular weight is 478 g/mol. The molecule has 1 amide bonds. The van der Waals surface area contributed by atoms with Crippen molar-refractivity contribution in [3.05, 3.63) is 94.9 Å². The molecule has 3 aromatic carbocycles. The van der Waals surface area contributed by atoms with Crippen LogP contribution in [0.3, 0.4) is 0 Å². The lowest BCUT2D eigenvalue weighted by atomic mass is 10.1. The van der Waals surface area contributed by atoms with E-state index in [1.165, 1.54) is 16.9 Å². The minimum Gasteiger partial charge on any atom is -0.298 e. The Hall–Kier alpha value is -3.49. The maximum atomic E-state index is 12.6. The van der Waals surface area contributed by atoms with E-state index in [-0.39, 0.29) is 10.8 Å². The van der Waals surface area contributed by atoms with Crippen molar-refractivity contribution in [2.45, 2.75) is 25.2 Å². The van der Waals surface area contributed by atoms with Crippen LogP contribution in [0.4, 0.5) is 10.8 Å². The van der Waals surface area contributed by atoms with Gasteiger partial charge in [-0.3, -0.25) is 14.8 Å². The first-order valence-electron chi connectivity index (χ1n) is 10.4. The van der Waals surface area contributed by atoms with Crippen LogP contribution in [0.15, 0.2) is 83.1 Å². The molecule has 0 aliphatic rings. The van der Waals surface area contributed by atoms with Crippen LogP contribution < -0.4 is 10.0 Å². The second-order valence-corrected chi connectivity index (χ2v) is 10.1. The summed E-state index contributed by atoms with van der Waals surface area (Å²) in [6.45, 7) is 4.00. The highest BCUT2D eigenvalue weighted by Gasteiger charge is 2.15. The third-order valence-electron chi connectivity index (χ3n) is 5.11. The Morgan fingerprint density at radius 1 is 0.939 bits per heavy atom. The summed E-state index contributed by atoms with van der Waals surface area (Å²) >= 11 is 1.35. The van der Waals surface area contributed by atoms with Crippen LogP contribution in [0.1, 0.15) is 28.4 Å². The molecule has 0 fully saturated rings. The maximum absolute atomic E-state index is 12.6. The molecule has 0 atom stereocenters. The van der Waals surface area contributed by atoms with E-state index in [9.17, 15) is 13.2 Å². The number of nitrogens with zero attached hydrogens (tertiary/aromatic N) is 1. The number of nitrogens with one attached hydrogen (secondary N) is 2. The summed E-state index contributed by atoms with van der Waals surface area (Å²) in [6.07, 6.45) is 0.977. The molecule has 0 unspecified atom stereocenters. The highest BCUT2D eigenvalue weighted by molar-refractivity contribution is 7.92. The molecular weight excluding hydrogens is 454 g/mol. The zero-order valence-electron chi connectivity index (χ0n) is 18.2. The predicted octanol–water partition coefficient (Wildman–Crippen LogP) is 5.73. The molecule has 0 radical (unpaired) electrons. The molecule has 8 heteroatoms. The van der Waals surface area contributed by atoms with Crippen molar-refractivity contribution in [3.63, 3.8) is 0 Å². The summed E-state index contributed by atoms with van der Waals surface area (Å²) < 4.78 is 27.6. The Kier molecular flexibility index (Phi) is 6.57. The number of sulfonamides is 1. The Morgan fingerprint density at radius 3 is 2.24 bits per heavy atom. The Balaban J connectivity index is 1.41. The minimum atomic E-state index is -3.70. The second-order valence-electron chi connectivity index (χ2n) is 7.54. The molecule has 1 aromatic heterocycles. The molecule has 2 N–H and O–H groups in total. The third kappa shape index (κ3) is 5.47. The van der Waals surface area contributed by atoms with Crippen molar-refractivity contribution < 1.29 is 13.2 Å². The number of hydrogen-bond acceptors (Lipinski definition) is 5. The molecule has 0 aliphatic heterocycles. The van der Waals surface area contributed by atoms with Crippen LogP contribution in [0.2, 0.25) is 0 Å². The lowest BCUT2D eigenvalue weighted by Crippen LogP contribution is -2.14. The van der Waals surface area contributed by atoms with Crippen molar-refractivity contribution in [2.24, 2.45) is 0 Å². The van der Waals surface area contributed by atoms with Crippen molar-refractivity contribution in [1.29, 1.82) is 0 Å². The molecule has 1 heterocycles. The number of rotatable bonds is 7. The van der Waals surface area contributed by atoms with Gasteiger partial charge in [-0.25, -0.2) is 13.4 Å². The molecule has 33 heavy (non-hydrogen) atoms. The molecule has 0 saturated heterocycles. The summed E-state index contributed by atoms with van der Waals surface area (Å²) in [5, 5.41) is 5.20. The normalized spacial score (nSPS) is 11.2. The van der Waals surface area contributed by atoms with Gasteiger partial charge in [-0.2, -0.15) is 0 Å². The van der Waals surface area contributed by atoms with E-state index in [4.69, 9.17) is 0 Å². The molecule has 0 aliphatic carbocycles. The van der Waals surface area contributed by atoms with E-state index < -0.39 is 10.0 Å². The number of thiazole rings is 1. The van der Waals surface area contributed by atoms with E-state index in [1.54, 1.807) is 48.5 Å². The number of anilines is 2. The zero-order valence-corrected chi connectivity index (χ0v) is 19.8. The number of aromatic nitrogens is 1. The topological polar surface area (TPSA) is 88.2 Å². The van der Waals surface area contributed by atoms with Crippen molar-refractivity contribution in [1.82, 2.24) is 4.98 Å². The van der Waals surface area contributed by atoms with Crippen molar-refractivity contribution in [3.8, 4) is 11.3 Å². The summed E-state index contributed by atoms with van der Waals surface area (Å²) in [7, 11) is -3.70. The standard InChI is InChI=1S/C25H23N3O3S2/c1-3-18-6-8-19(9-7-18)23-16-32-25(26-23)27-24(29)20-10-12-21(13-11-20)28-33(30,31)22-14-4-17(2)5-15-22/h4-16,28H,3H2,1-2H3,(H,26,27,29). The Morgan fingerprint density at radius 2 is 1.61 bits per heavy atom. The van der Waals surface area contributed by atoms with Crippen LogP contribution in [-0.2, 0) is 16.4 Å². The van der Waals surface area contributed by atoms with Gasteiger partial charge < -0.3 is 0 Å². The van der Waals surface area contributed by atoms with Crippen molar-refractivity contribution in [2.75, 3.05) is 10.0 Å². The number of hydrogen-bond donors (Lipinski definition) is 2. The predicted molar refractivity (Wildman–Crippen MR) is 133 cm³/mol.